The smallest absolute Gasteiger partial charge is 0.356 e. The molecule has 2 aromatic rings. The Labute approximate surface area is 125 Å². The molecule has 6 nitrogen and oxygen atoms in total. The molecular formula is C14H13NO5S. The van der Waals surface area contributed by atoms with Gasteiger partial charge in [0.1, 0.15) is 9.88 Å². The zero-order valence-electron chi connectivity index (χ0n) is 11.7. The quantitative estimate of drug-likeness (QED) is 0.855. The summed E-state index contributed by atoms with van der Waals surface area (Å²) >= 11 is 1.02. The van der Waals surface area contributed by atoms with Crippen LogP contribution in [0.15, 0.2) is 18.2 Å². The number of para-hydroxylation sites is 1. The van der Waals surface area contributed by atoms with Gasteiger partial charge in [0.2, 0.25) is 0 Å². The Hall–Kier alpha value is -2.41. The zero-order valence-corrected chi connectivity index (χ0v) is 12.5. The van der Waals surface area contributed by atoms with Crippen molar-refractivity contribution in [2.45, 2.75) is 6.92 Å². The first kappa shape index (κ1) is 15.0. The van der Waals surface area contributed by atoms with Crippen molar-refractivity contribution in [2.24, 2.45) is 0 Å². The second kappa shape index (κ2) is 5.92. The van der Waals surface area contributed by atoms with Gasteiger partial charge in [-0.25, -0.2) is 9.78 Å². The summed E-state index contributed by atoms with van der Waals surface area (Å²) in [6.45, 7) is 1.31. The number of aromatic nitrogens is 1. The van der Waals surface area contributed by atoms with Crippen LogP contribution in [0, 0.1) is 0 Å². The van der Waals surface area contributed by atoms with Gasteiger partial charge >= 0.3 is 5.97 Å². The average molecular weight is 307 g/mol. The monoisotopic (exact) mass is 307 g/mol. The highest BCUT2D eigenvalue weighted by atomic mass is 32.1. The summed E-state index contributed by atoms with van der Waals surface area (Å²) in [6, 6.07) is 5.20. The largest absolute Gasteiger partial charge is 0.493 e. The lowest BCUT2D eigenvalue weighted by molar-refractivity contribution is 0.0687. The predicted octanol–water partition coefficient (Wildman–Crippen LogP) is 2.73. The minimum Gasteiger partial charge on any atom is -0.493 e. The molecule has 0 saturated carbocycles. The number of carboxylic acid groups (broad SMARTS) is 1. The van der Waals surface area contributed by atoms with E-state index in [0.29, 0.717) is 22.1 Å². The molecule has 0 amide bonds. The lowest BCUT2D eigenvalue weighted by Gasteiger charge is -2.10. The number of rotatable bonds is 5. The minimum absolute atomic E-state index is 0.113. The first-order chi connectivity index (χ1) is 9.99. The molecule has 0 unspecified atom stereocenters. The van der Waals surface area contributed by atoms with E-state index in [1.54, 1.807) is 18.2 Å². The summed E-state index contributed by atoms with van der Waals surface area (Å²) < 4.78 is 10.5. The summed E-state index contributed by atoms with van der Waals surface area (Å²) in [5.74, 6) is -0.616. The number of hydrogen-bond acceptors (Lipinski definition) is 6. The van der Waals surface area contributed by atoms with Crippen molar-refractivity contribution in [3.8, 4) is 22.1 Å². The van der Waals surface area contributed by atoms with Crippen LogP contribution >= 0.6 is 11.3 Å². The predicted molar refractivity (Wildman–Crippen MR) is 77.6 cm³/mol. The standard InChI is InChI=1S/C14H13NO5S/c1-7(16)12-10(14(17)18)15-13(21-12)8-5-4-6-9(19-2)11(8)20-3/h4-6H,1-3H3,(H,17,18). The van der Waals surface area contributed by atoms with Crippen LogP contribution < -0.4 is 9.47 Å². The second-order valence-corrected chi connectivity index (χ2v) is 5.10. The van der Waals surface area contributed by atoms with Crippen molar-refractivity contribution in [3.05, 3.63) is 28.8 Å². The van der Waals surface area contributed by atoms with Gasteiger partial charge in [-0.3, -0.25) is 4.79 Å². The maximum absolute atomic E-state index is 11.5. The van der Waals surface area contributed by atoms with Gasteiger partial charge in [0.15, 0.2) is 23.0 Å². The van der Waals surface area contributed by atoms with E-state index >= 15 is 0 Å². The van der Waals surface area contributed by atoms with Gasteiger partial charge in [0, 0.05) is 6.92 Å². The Morgan fingerprint density at radius 1 is 1.24 bits per heavy atom. The number of carbonyl (C=O) groups is 2. The van der Waals surface area contributed by atoms with Crippen molar-refractivity contribution in [1.82, 2.24) is 4.98 Å². The third-order valence-electron chi connectivity index (χ3n) is 2.78. The van der Waals surface area contributed by atoms with Crippen molar-refractivity contribution < 1.29 is 24.2 Å². The van der Waals surface area contributed by atoms with Crippen LogP contribution in [0.4, 0.5) is 0 Å². The van der Waals surface area contributed by atoms with Crippen LogP contribution in [-0.2, 0) is 0 Å². The molecule has 0 saturated heterocycles. The van der Waals surface area contributed by atoms with E-state index in [2.05, 4.69) is 4.98 Å². The third-order valence-corrected chi connectivity index (χ3v) is 3.97. The summed E-state index contributed by atoms with van der Waals surface area (Å²) in [6.07, 6.45) is 0. The van der Waals surface area contributed by atoms with Gasteiger partial charge in [-0.1, -0.05) is 6.07 Å². The number of hydrogen-bond donors (Lipinski definition) is 1. The maximum atomic E-state index is 11.5. The number of Topliss-reactive ketones (excluding diaryl/α,β-unsaturated/α-hetero) is 1. The highest BCUT2D eigenvalue weighted by Crippen LogP contribution is 2.40. The van der Waals surface area contributed by atoms with Gasteiger partial charge in [-0.05, 0) is 12.1 Å². The number of benzene rings is 1. The number of methoxy groups -OCH3 is 2. The molecule has 0 radical (unpaired) electrons. The number of carbonyl (C=O) groups excluding carboxylic acids is 1. The van der Waals surface area contributed by atoms with E-state index in [4.69, 9.17) is 14.6 Å². The highest BCUT2D eigenvalue weighted by molar-refractivity contribution is 7.17. The lowest BCUT2D eigenvalue weighted by atomic mass is 10.2. The number of thiazole rings is 1. The van der Waals surface area contributed by atoms with Crippen LogP contribution in [0.2, 0.25) is 0 Å². The summed E-state index contributed by atoms with van der Waals surface area (Å²) in [4.78, 5) is 26.9. The van der Waals surface area contributed by atoms with E-state index in [9.17, 15) is 9.59 Å². The van der Waals surface area contributed by atoms with E-state index in [1.807, 2.05) is 0 Å². The molecule has 110 valence electrons. The topological polar surface area (TPSA) is 85.7 Å². The van der Waals surface area contributed by atoms with Crippen LogP contribution in [-0.4, -0.2) is 36.1 Å². The molecule has 7 heteroatoms. The average Bonchev–Trinajstić information content (AvgIpc) is 2.91. The fraction of sp³-hybridized carbons (Fsp3) is 0.214. The number of ketones is 1. The molecule has 0 aliphatic heterocycles. The van der Waals surface area contributed by atoms with Gasteiger partial charge in [-0.2, -0.15) is 0 Å². The zero-order chi connectivity index (χ0) is 15.6. The Kier molecular flexibility index (Phi) is 4.23. The number of carboxylic acids is 1. The summed E-state index contributed by atoms with van der Waals surface area (Å²) in [5, 5.41) is 9.53. The molecule has 0 aliphatic carbocycles. The minimum atomic E-state index is -1.23. The van der Waals surface area contributed by atoms with E-state index in [-0.39, 0.29) is 16.4 Å². The highest BCUT2D eigenvalue weighted by Gasteiger charge is 2.23. The molecule has 1 N–H and O–H groups in total. The van der Waals surface area contributed by atoms with Crippen LogP contribution in [0.1, 0.15) is 27.1 Å². The molecule has 0 atom stereocenters. The summed E-state index contributed by atoms with van der Waals surface area (Å²) in [7, 11) is 2.99. The Morgan fingerprint density at radius 3 is 2.43 bits per heavy atom. The first-order valence-corrected chi connectivity index (χ1v) is 6.77. The molecule has 1 heterocycles. The molecular weight excluding hydrogens is 294 g/mol. The summed E-state index contributed by atoms with van der Waals surface area (Å²) in [5.41, 5.74) is 0.337. The van der Waals surface area contributed by atoms with Crippen LogP contribution in [0.3, 0.4) is 0 Å². The Balaban J connectivity index is 2.65. The number of nitrogens with zero attached hydrogens (tertiary/aromatic N) is 1. The van der Waals surface area contributed by atoms with Gasteiger partial charge in [0.05, 0.1) is 19.8 Å². The van der Waals surface area contributed by atoms with Gasteiger partial charge in [-0.15, -0.1) is 11.3 Å². The number of ether oxygens (including phenoxy) is 2. The molecule has 1 aromatic heterocycles. The third kappa shape index (κ3) is 2.73. The molecule has 0 fully saturated rings. The molecule has 0 bridgehead atoms. The molecule has 0 spiro atoms. The van der Waals surface area contributed by atoms with Gasteiger partial charge in [0.25, 0.3) is 0 Å². The maximum Gasteiger partial charge on any atom is 0.356 e. The van der Waals surface area contributed by atoms with Crippen LogP contribution in [0.5, 0.6) is 11.5 Å². The van der Waals surface area contributed by atoms with E-state index < -0.39 is 5.97 Å². The van der Waals surface area contributed by atoms with Crippen molar-refractivity contribution in [1.29, 1.82) is 0 Å². The SMILES string of the molecule is COc1cccc(-c2nc(C(=O)O)c(C(C)=O)s2)c1OC. The van der Waals surface area contributed by atoms with Crippen molar-refractivity contribution in [3.63, 3.8) is 0 Å². The normalized spacial score (nSPS) is 10.2. The van der Waals surface area contributed by atoms with Crippen LogP contribution in [0.25, 0.3) is 10.6 Å². The number of aromatic carboxylic acids is 1. The van der Waals surface area contributed by atoms with E-state index in [0.717, 1.165) is 11.3 Å². The van der Waals surface area contributed by atoms with Crippen molar-refractivity contribution in [2.75, 3.05) is 14.2 Å². The lowest BCUT2D eigenvalue weighted by Crippen LogP contribution is -2.03. The molecule has 2 rings (SSSR count). The van der Waals surface area contributed by atoms with Crippen molar-refractivity contribution >= 4 is 23.1 Å². The first-order valence-electron chi connectivity index (χ1n) is 5.96. The fourth-order valence-corrected chi connectivity index (χ4v) is 2.85. The fourth-order valence-electron chi connectivity index (χ4n) is 1.87. The Morgan fingerprint density at radius 2 is 1.95 bits per heavy atom. The van der Waals surface area contributed by atoms with Gasteiger partial charge < -0.3 is 14.6 Å². The Bertz CT molecular complexity index is 676. The molecule has 21 heavy (non-hydrogen) atoms. The second-order valence-electron chi connectivity index (χ2n) is 4.10. The molecule has 1 aromatic carbocycles. The van der Waals surface area contributed by atoms with E-state index in [1.165, 1.54) is 21.1 Å². The molecule has 0 aliphatic rings.